The average molecular weight is 385 g/mol. The van der Waals surface area contributed by atoms with Crippen LogP contribution in [-0.2, 0) is 7.05 Å². The Bertz CT molecular complexity index is 940. The molecule has 1 aliphatic heterocycles. The van der Waals surface area contributed by atoms with Crippen molar-refractivity contribution in [2.45, 2.75) is 29.6 Å². The fourth-order valence-corrected chi connectivity index (χ4v) is 4.09. The maximum Gasteiger partial charge on any atom is 0.270 e. The topological polar surface area (TPSA) is 94.5 Å². The number of nitrogens with zero attached hydrogens (tertiary/aromatic N) is 4. The van der Waals surface area contributed by atoms with Crippen molar-refractivity contribution < 1.29 is 0 Å². The van der Waals surface area contributed by atoms with Gasteiger partial charge in [-0.05, 0) is 30.9 Å². The molecule has 0 unspecified atom stereocenters. The monoisotopic (exact) mass is 384 g/mol. The summed E-state index contributed by atoms with van der Waals surface area (Å²) in [4.78, 5) is 24.1. The molecule has 1 aliphatic rings. The van der Waals surface area contributed by atoms with Crippen molar-refractivity contribution in [2.75, 3.05) is 30.3 Å². The van der Waals surface area contributed by atoms with Gasteiger partial charge in [-0.3, -0.25) is 9.36 Å². The molecule has 142 valence electrons. The molecule has 3 rings (SSSR count). The van der Waals surface area contributed by atoms with Gasteiger partial charge in [-0.2, -0.15) is 4.98 Å². The van der Waals surface area contributed by atoms with Gasteiger partial charge in [0.2, 0.25) is 5.95 Å². The lowest BCUT2D eigenvalue weighted by Gasteiger charge is -2.39. The van der Waals surface area contributed by atoms with E-state index in [9.17, 15) is 4.79 Å². The standard InChI is InChI=1S/C19H24N6OS/c1-19(12-20)7-9-25(10-8-19)18-23-16(21)15(17(26)24(18)3)27-14-6-4-5-13(11-14)22-2/h4-6,11H,7-10,12,20-21H2,1,3H3. The van der Waals surface area contributed by atoms with Crippen LogP contribution < -0.4 is 21.9 Å². The molecule has 0 spiro atoms. The minimum Gasteiger partial charge on any atom is -0.382 e. The maximum absolute atomic E-state index is 12.9. The molecule has 1 saturated heterocycles. The molecule has 0 bridgehead atoms. The highest BCUT2D eigenvalue weighted by Gasteiger charge is 2.30. The van der Waals surface area contributed by atoms with Crippen LogP contribution in [0.1, 0.15) is 19.8 Å². The van der Waals surface area contributed by atoms with Crippen molar-refractivity contribution in [3.63, 3.8) is 0 Å². The summed E-state index contributed by atoms with van der Waals surface area (Å²) in [6.07, 6.45) is 1.92. The zero-order valence-corrected chi connectivity index (χ0v) is 16.4. The van der Waals surface area contributed by atoms with Gasteiger partial charge in [0, 0.05) is 25.0 Å². The number of hydrogen-bond acceptors (Lipinski definition) is 6. The zero-order chi connectivity index (χ0) is 19.6. The summed E-state index contributed by atoms with van der Waals surface area (Å²) in [7, 11) is 1.72. The van der Waals surface area contributed by atoms with Crippen molar-refractivity contribution in [3.8, 4) is 0 Å². The molecule has 2 heterocycles. The molecule has 0 radical (unpaired) electrons. The lowest BCUT2D eigenvalue weighted by atomic mass is 9.81. The van der Waals surface area contributed by atoms with Gasteiger partial charge >= 0.3 is 0 Å². The van der Waals surface area contributed by atoms with E-state index in [0.29, 0.717) is 23.1 Å². The van der Waals surface area contributed by atoms with Gasteiger partial charge in [-0.25, -0.2) is 4.85 Å². The summed E-state index contributed by atoms with van der Waals surface area (Å²) in [5, 5.41) is 0. The van der Waals surface area contributed by atoms with E-state index >= 15 is 0 Å². The van der Waals surface area contributed by atoms with Crippen LogP contribution in [0.3, 0.4) is 0 Å². The molecule has 0 amide bonds. The molecule has 1 aromatic heterocycles. The first-order chi connectivity index (χ1) is 12.9. The van der Waals surface area contributed by atoms with Crippen molar-refractivity contribution in [2.24, 2.45) is 18.2 Å². The summed E-state index contributed by atoms with van der Waals surface area (Å²) in [5.41, 5.74) is 12.5. The second kappa shape index (κ2) is 7.62. The number of nitrogen functional groups attached to an aromatic ring is 1. The molecule has 4 N–H and O–H groups in total. The molecule has 1 aromatic carbocycles. The number of rotatable bonds is 4. The van der Waals surface area contributed by atoms with E-state index in [4.69, 9.17) is 18.0 Å². The summed E-state index contributed by atoms with van der Waals surface area (Å²) in [6, 6.07) is 7.11. The third kappa shape index (κ3) is 3.94. The Morgan fingerprint density at radius 3 is 2.70 bits per heavy atom. The Kier molecular flexibility index (Phi) is 5.44. The third-order valence-corrected chi connectivity index (χ3v) is 6.24. The first-order valence-electron chi connectivity index (χ1n) is 8.84. The zero-order valence-electron chi connectivity index (χ0n) is 15.6. The first-order valence-corrected chi connectivity index (χ1v) is 9.65. The van der Waals surface area contributed by atoms with Crippen LogP contribution in [0, 0.1) is 12.0 Å². The summed E-state index contributed by atoms with van der Waals surface area (Å²) >= 11 is 1.24. The Labute approximate surface area is 163 Å². The summed E-state index contributed by atoms with van der Waals surface area (Å²) < 4.78 is 1.56. The normalized spacial score (nSPS) is 16.1. The predicted octanol–water partition coefficient (Wildman–Crippen LogP) is 2.63. The van der Waals surface area contributed by atoms with Crippen LogP contribution in [0.2, 0.25) is 0 Å². The SMILES string of the molecule is [C-]#[N+]c1cccc(Sc2c(N)nc(N3CCC(C)(CN)CC3)n(C)c2=O)c1. The van der Waals surface area contributed by atoms with E-state index in [2.05, 4.69) is 21.7 Å². The van der Waals surface area contributed by atoms with Crippen LogP contribution in [0.5, 0.6) is 0 Å². The number of benzene rings is 1. The van der Waals surface area contributed by atoms with Gasteiger partial charge in [-0.15, -0.1) is 0 Å². The van der Waals surface area contributed by atoms with Gasteiger partial charge in [0.05, 0.1) is 6.57 Å². The van der Waals surface area contributed by atoms with Crippen LogP contribution in [0.4, 0.5) is 17.5 Å². The molecule has 0 aliphatic carbocycles. The van der Waals surface area contributed by atoms with E-state index in [1.165, 1.54) is 11.8 Å². The second-order valence-electron chi connectivity index (χ2n) is 7.20. The smallest absolute Gasteiger partial charge is 0.270 e. The van der Waals surface area contributed by atoms with Gasteiger partial charge in [0.15, 0.2) is 5.69 Å². The summed E-state index contributed by atoms with van der Waals surface area (Å²) in [5.74, 6) is 0.814. The lowest BCUT2D eigenvalue weighted by Crippen LogP contribution is -2.44. The first kappa shape index (κ1) is 19.3. The highest BCUT2D eigenvalue weighted by atomic mass is 32.2. The Morgan fingerprint density at radius 1 is 1.37 bits per heavy atom. The van der Waals surface area contributed by atoms with Crippen molar-refractivity contribution in [3.05, 3.63) is 46.0 Å². The highest BCUT2D eigenvalue weighted by molar-refractivity contribution is 7.99. The van der Waals surface area contributed by atoms with Crippen molar-refractivity contribution >= 4 is 29.2 Å². The molecule has 0 saturated carbocycles. The van der Waals surface area contributed by atoms with Gasteiger partial charge in [0.25, 0.3) is 5.56 Å². The lowest BCUT2D eigenvalue weighted by molar-refractivity contribution is 0.256. The Balaban J connectivity index is 1.88. The van der Waals surface area contributed by atoms with Crippen LogP contribution >= 0.6 is 11.8 Å². The molecular weight excluding hydrogens is 360 g/mol. The fraction of sp³-hybridized carbons (Fsp3) is 0.421. The van der Waals surface area contributed by atoms with Crippen molar-refractivity contribution in [1.29, 1.82) is 0 Å². The number of nitrogens with two attached hydrogens (primary N) is 2. The predicted molar refractivity (Wildman–Crippen MR) is 109 cm³/mol. The Hall–Kier alpha value is -2.50. The quantitative estimate of drug-likeness (QED) is 0.787. The Morgan fingerprint density at radius 2 is 2.07 bits per heavy atom. The molecule has 1 fully saturated rings. The average Bonchev–Trinajstić information content (AvgIpc) is 2.69. The minimum absolute atomic E-state index is 0.143. The molecular formula is C19H24N6OS. The molecule has 0 atom stereocenters. The van der Waals surface area contributed by atoms with E-state index in [0.717, 1.165) is 30.8 Å². The number of piperidine rings is 1. The third-order valence-electron chi connectivity index (χ3n) is 5.16. The van der Waals surface area contributed by atoms with E-state index in [-0.39, 0.29) is 16.8 Å². The van der Waals surface area contributed by atoms with Crippen LogP contribution in [0.15, 0.2) is 38.9 Å². The van der Waals surface area contributed by atoms with Gasteiger partial charge in [0.1, 0.15) is 10.7 Å². The largest absolute Gasteiger partial charge is 0.382 e. The van der Waals surface area contributed by atoms with Crippen LogP contribution in [-0.4, -0.2) is 29.2 Å². The van der Waals surface area contributed by atoms with Crippen LogP contribution in [0.25, 0.3) is 4.85 Å². The number of anilines is 2. The number of hydrogen-bond donors (Lipinski definition) is 2. The molecule has 7 nitrogen and oxygen atoms in total. The maximum atomic E-state index is 12.9. The fourth-order valence-electron chi connectivity index (χ4n) is 3.15. The van der Waals surface area contributed by atoms with Gasteiger partial charge in [-0.1, -0.05) is 36.9 Å². The van der Waals surface area contributed by atoms with E-state index in [1.807, 2.05) is 6.07 Å². The molecule has 2 aromatic rings. The minimum atomic E-state index is -0.178. The molecule has 27 heavy (non-hydrogen) atoms. The van der Waals surface area contributed by atoms with Crippen molar-refractivity contribution in [1.82, 2.24) is 9.55 Å². The molecule has 8 heteroatoms. The summed E-state index contributed by atoms with van der Waals surface area (Å²) in [6.45, 7) is 11.6. The number of aromatic nitrogens is 2. The van der Waals surface area contributed by atoms with Gasteiger partial charge < -0.3 is 16.4 Å². The second-order valence-corrected chi connectivity index (χ2v) is 8.29. The van der Waals surface area contributed by atoms with E-state index in [1.54, 1.807) is 29.8 Å². The van der Waals surface area contributed by atoms with E-state index < -0.39 is 0 Å². The highest BCUT2D eigenvalue weighted by Crippen LogP contribution is 2.34.